The largest absolute Gasteiger partial charge is 0.147 e. The fourth-order valence-corrected chi connectivity index (χ4v) is 30.6. The van der Waals surface area contributed by atoms with Crippen LogP contribution in [-0.2, 0) is 17.4 Å². The summed E-state index contributed by atoms with van der Waals surface area (Å²) in [6.45, 7) is 7.25. The molecule has 0 nitrogen and oxygen atoms in total. The molecule has 0 aromatic heterocycles. The van der Waals surface area contributed by atoms with Gasteiger partial charge in [-0.1, -0.05) is 0 Å². The number of benzene rings is 8. The van der Waals surface area contributed by atoms with Gasteiger partial charge in [-0.2, -0.15) is 0 Å². The summed E-state index contributed by atoms with van der Waals surface area (Å²) in [6, 6.07) is 59.3. The number of aryl methyl sites for hydroxylation is 1. The Bertz CT molecular complexity index is 3010. The molecule has 2 aliphatic carbocycles. The molecule has 0 N–H and O–H groups in total. The summed E-state index contributed by atoms with van der Waals surface area (Å²) >= 11 is -4.00. The van der Waals surface area contributed by atoms with Crippen LogP contribution in [0, 0.1) is 6.92 Å². The first-order valence-corrected chi connectivity index (χ1v) is 33.0. The quantitative estimate of drug-likeness (QED) is 0.151. The number of hydrogen-bond acceptors (Lipinski definition) is 0. The molecule has 0 saturated carbocycles. The molecule has 0 saturated heterocycles. The zero-order valence-electron chi connectivity index (χ0n) is 32.3. The summed E-state index contributed by atoms with van der Waals surface area (Å²) in [7, 11) is 0. The Hall–Kier alpha value is -4.30. The zero-order chi connectivity index (χ0) is 36.8. The second-order valence-electron chi connectivity index (χ2n) is 17.0. The van der Waals surface area contributed by atoms with Crippen molar-refractivity contribution in [2.75, 3.05) is 0 Å². The fourth-order valence-electron chi connectivity index (χ4n) is 10.6. The molecule has 0 spiro atoms. The van der Waals surface area contributed by atoms with E-state index in [-0.39, 0.29) is 24.8 Å². The van der Waals surface area contributed by atoms with Gasteiger partial charge in [-0.05, 0) is 0 Å². The van der Waals surface area contributed by atoms with E-state index >= 15 is 0 Å². The molecule has 2 aliphatic rings. The van der Waals surface area contributed by atoms with Crippen molar-refractivity contribution in [1.82, 2.24) is 0 Å². The molecule has 2 unspecified atom stereocenters. The summed E-state index contributed by atoms with van der Waals surface area (Å²) in [5.74, 6) is 0. The minimum absolute atomic E-state index is 0. The fraction of sp³-hybridized carbons (Fsp3) is 0.115. The third kappa shape index (κ3) is 5.95. The second kappa shape index (κ2) is 14.3. The standard InChI is InChI=1S/C29H19.C21H17.2CH3.2ClH.H2Si.Zr/c1-2-9-22-17-23(16-15-20(22)7-1)25-18-24-11-6-14-28(29(24)19-25)27-13-5-10-21-8-3-4-12-26(21)27;1-14-12-20-15(2)10-11-19(21(20)13-14)18-9-5-7-16-6-3-4-8-17(16)18;;;;;;/h1-19H;3-13H,1-2H3;2*1H3;2*1H;1H2;. The predicted octanol–water partition coefficient (Wildman–Crippen LogP) is 14.7. The average Bonchev–Trinajstić information content (AvgIpc) is 3.78. The van der Waals surface area contributed by atoms with E-state index in [0.29, 0.717) is 7.25 Å². The van der Waals surface area contributed by atoms with Gasteiger partial charge in [0.05, 0.1) is 0 Å². The summed E-state index contributed by atoms with van der Waals surface area (Å²) in [5, 5.41) is 7.81. The topological polar surface area (TPSA) is 0 Å². The number of hydrogen-bond donors (Lipinski definition) is 0. The Kier molecular flexibility index (Phi) is 9.82. The van der Waals surface area contributed by atoms with E-state index in [2.05, 4.69) is 200 Å². The van der Waals surface area contributed by atoms with Gasteiger partial charge in [0.25, 0.3) is 0 Å². The van der Waals surface area contributed by atoms with Crippen LogP contribution < -0.4 is 0 Å². The number of allylic oxidation sites excluding steroid dienone is 2. The first-order chi connectivity index (χ1) is 26.2. The molecule has 4 heteroatoms. The third-order valence-corrected chi connectivity index (χ3v) is 30.3. The van der Waals surface area contributed by atoms with Gasteiger partial charge >= 0.3 is 324 Å². The molecule has 0 fully saturated rings. The van der Waals surface area contributed by atoms with Crippen LogP contribution >= 0.6 is 24.8 Å². The molecule has 56 heavy (non-hydrogen) atoms. The van der Waals surface area contributed by atoms with Crippen LogP contribution in [0.4, 0.5) is 0 Å². The molecule has 10 rings (SSSR count). The van der Waals surface area contributed by atoms with Crippen molar-refractivity contribution in [2.45, 2.75) is 30.4 Å². The van der Waals surface area contributed by atoms with Crippen molar-refractivity contribution in [1.29, 1.82) is 0 Å². The van der Waals surface area contributed by atoms with Crippen molar-refractivity contribution < 1.29 is 17.4 Å². The van der Waals surface area contributed by atoms with Gasteiger partial charge in [-0.25, -0.2) is 0 Å². The van der Waals surface area contributed by atoms with Gasteiger partial charge in [-0.3, -0.25) is 0 Å². The molecule has 0 aliphatic heterocycles. The second-order valence-corrected chi connectivity index (χ2v) is 47.4. The monoisotopic (exact) mass is 858 g/mol. The van der Waals surface area contributed by atoms with Gasteiger partial charge in [0.2, 0.25) is 0 Å². The number of fused-ring (bicyclic) bond motifs is 5. The van der Waals surface area contributed by atoms with E-state index in [1.165, 1.54) is 93.5 Å². The van der Waals surface area contributed by atoms with Crippen LogP contribution in [0.5, 0.6) is 0 Å². The molecule has 8 aromatic rings. The van der Waals surface area contributed by atoms with Crippen LogP contribution in [0.25, 0.3) is 72.3 Å². The van der Waals surface area contributed by atoms with Gasteiger partial charge in [0.15, 0.2) is 0 Å². The summed E-state index contributed by atoms with van der Waals surface area (Å²) < 4.78 is 6.31. The zero-order valence-corrected chi connectivity index (χ0v) is 37.8. The molecule has 0 heterocycles. The van der Waals surface area contributed by atoms with Gasteiger partial charge in [0, 0.05) is 0 Å². The van der Waals surface area contributed by atoms with E-state index in [4.69, 9.17) is 0 Å². The summed E-state index contributed by atoms with van der Waals surface area (Å²) in [4.78, 5) is 0. The molecule has 0 amide bonds. The Balaban J connectivity index is 0.00000220. The maximum atomic E-state index is 2.78. The Morgan fingerprint density at radius 2 is 1.00 bits per heavy atom. The smallest absolute Gasteiger partial charge is 0.147 e. The van der Waals surface area contributed by atoms with Crippen molar-refractivity contribution in [3.05, 3.63) is 197 Å². The van der Waals surface area contributed by atoms with Crippen molar-refractivity contribution in [3.63, 3.8) is 0 Å². The Morgan fingerprint density at radius 1 is 0.464 bits per heavy atom. The van der Waals surface area contributed by atoms with Crippen LogP contribution in [0.2, 0.25) is 9.26 Å². The average molecular weight is 861 g/mol. The van der Waals surface area contributed by atoms with E-state index in [1.807, 2.05) is 0 Å². The van der Waals surface area contributed by atoms with Gasteiger partial charge < -0.3 is 0 Å². The normalized spacial score (nSPS) is 16.2. The number of rotatable bonds is 5. The van der Waals surface area contributed by atoms with Crippen molar-refractivity contribution in [3.8, 4) is 22.3 Å². The third-order valence-electron chi connectivity index (χ3n) is 12.8. The molecule has 8 aromatic carbocycles. The maximum Gasteiger partial charge on any atom is -0.147 e. The molecular formula is C52H46Cl2SiZr. The maximum absolute atomic E-state index is 4.00. The Labute approximate surface area is 345 Å². The molecule has 2 atom stereocenters. The van der Waals surface area contributed by atoms with Crippen molar-refractivity contribution >= 4 is 81.7 Å². The molecular weight excluding hydrogens is 815 g/mol. The molecule has 276 valence electrons. The predicted molar refractivity (Wildman–Crippen MR) is 249 cm³/mol. The van der Waals surface area contributed by atoms with Crippen molar-refractivity contribution in [2.24, 2.45) is 0 Å². The summed E-state index contributed by atoms with van der Waals surface area (Å²) in [5.41, 5.74) is 17.1. The van der Waals surface area contributed by atoms with E-state index in [1.54, 1.807) is 5.56 Å². The van der Waals surface area contributed by atoms with E-state index in [0.717, 1.165) is 0 Å². The van der Waals surface area contributed by atoms with Gasteiger partial charge in [-0.15, -0.1) is 24.8 Å². The number of halogens is 2. The molecule has 0 radical (unpaired) electrons. The first kappa shape index (κ1) is 38.6. The van der Waals surface area contributed by atoms with Gasteiger partial charge in [0.1, 0.15) is 0 Å². The summed E-state index contributed by atoms with van der Waals surface area (Å²) in [6.07, 6.45) is 5.17. The minimum atomic E-state index is -4.00. The van der Waals surface area contributed by atoms with Crippen LogP contribution in [-0.4, -0.2) is 6.88 Å². The SMILES string of the molecule is CC1=Cc2c(-c3cccc4ccccc34)ccc(C)c2[CH]1[Zr]([CH3])([CH3])(=[SiH2])[CH]1C(c2ccc3ccccc3c2)=Cc2c(-c3cccc4ccccc34)cccc21.Cl.Cl. The van der Waals surface area contributed by atoms with Crippen LogP contribution in [0.15, 0.2) is 163 Å². The van der Waals surface area contributed by atoms with E-state index < -0.39 is 17.4 Å². The van der Waals surface area contributed by atoms with Crippen LogP contribution in [0.3, 0.4) is 0 Å². The minimum Gasteiger partial charge on any atom is -0.147 e. The van der Waals surface area contributed by atoms with E-state index in [9.17, 15) is 0 Å². The van der Waals surface area contributed by atoms with Crippen LogP contribution in [0.1, 0.15) is 47.6 Å². The Morgan fingerprint density at radius 3 is 1.66 bits per heavy atom. The first-order valence-electron chi connectivity index (χ1n) is 19.4. The molecule has 0 bridgehead atoms.